The molecule has 5 nitrogen and oxygen atoms in total. The van der Waals surface area contributed by atoms with E-state index < -0.39 is 0 Å². The van der Waals surface area contributed by atoms with Gasteiger partial charge in [0.2, 0.25) is 17.7 Å². The molecule has 0 N–H and O–H groups in total. The van der Waals surface area contributed by atoms with Crippen molar-refractivity contribution in [1.82, 2.24) is 9.80 Å². The van der Waals surface area contributed by atoms with Crippen LogP contribution in [0.2, 0.25) is 0 Å². The molecule has 0 aromatic carbocycles. The van der Waals surface area contributed by atoms with Gasteiger partial charge in [0.05, 0.1) is 11.8 Å². The third-order valence-corrected chi connectivity index (χ3v) is 6.25. The molecule has 0 spiro atoms. The second-order valence-corrected chi connectivity index (χ2v) is 7.73. The molecule has 3 fully saturated rings. The molecule has 2 saturated carbocycles. The number of fused-ring (bicyclic) bond motifs is 1. The Bertz CT molecular complexity index is 473. The molecule has 3 rings (SSSR count). The topological polar surface area (TPSA) is 57.7 Å². The molecular weight excluding hydrogens is 304 g/mol. The minimum atomic E-state index is -0.110. The summed E-state index contributed by atoms with van der Waals surface area (Å²) in [6.07, 6.45) is 11.1. The number of hydrogen-bond donors (Lipinski definition) is 0. The zero-order valence-corrected chi connectivity index (χ0v) is 14.8. The summed E-state index contributed by atoms with van der Waals surface area (Å²) in [5, 5.41) is 0. The predicted octanol–water partition coefficient (Wildman–Crippen LogP) is 2.73. The number of carbonyl (C=O) groups excluding carboxylic acids is 3. The van der Waals surface area contributed by atoms with Gasteiger partial charge in [-0.1, -0.05) is 38.5 Å². The maximum absolute atomic E-state index is 12.5. The molecule has 24 heavy (non-hydrogen) atoms. The third kappa shape index (κ3) is 3.50. The van der Waals surface area contributed by atoms with Crippen molar-refractivity contribution in [3.63, 3.8) is 0 Å². The molecule has 3 aliphatic rings. The van der Waals surface area contributed by atoms with Gasteiger partial charge >= 0.3 is 0 Å². The minimum absolute atomic E-state index is 0.0328. The van der Waals surface area contributed by atoms with Crippen LogP contribution in [-0.2, 0) is 14.4 Å². The Morgan fingerprint density at radius 1 is 0.917 bits per heavy atom. The minimum Gasteiger partial charge on any atom is -0.343 e. The van der Waals surface area contributed by atoms with E-state index in [0.29, 0.717) is 6.04 Å². The number of likely N-dealkylation sites (tertiary alicyclic amines) is 1. The standard InChI is InChI=1S/C19H30N2O3/c1-20(14-8-4-2-3-5-9-14)17(22)12-13-21-18(23)15-10-6-7-11-16(15)19(21)24/h14-16H,2-13H2,1H3. The van der Waals surface area contributed by atoms with Crippen molar-refractivity contribution in [2.24, 2.45) is 11.8 Å². The fourth-order valence-electron chi connectivity index (χ4n) is 4.68. The summed E-state index contributed by atoms with van der Waals surface area (Å²) >= 11 is 0. The van der Waals surface area contributed by atoms with E-state index in [9.17, 15) is 14.4 Å². The number of carbonyl (C=O) groups is 3. The van der Waals surface area contributed by atoms with Crippen LogP contribution < -0.4 is 0 Å². The van der Waals surface area contributed by atoms with E-state index in [2.05, 4.69) is 0 Å². The Labute approximate surface area is 144 Å². The highest BCUT2D eigenvalue weighted by Gasteiger charge is 2.47. The molecule has 2 unspecified atom stereocenters. The molecule has 1 saturated heterocycles. The maximum atomic E-state index is 12.5. The van der Waals surface area contributed by atoms with Crippen LogP contribution >= 0.6 is 0 Å². The van der Waals surface area contributed by atoms with E-state index in [1.807, 2.05) is 11.9 Å². The molecule has 0 aromatic rings. The first-order valence-electron chi connectivity index (χ1n) is 9.70. The lowest BCUT2D eigenvalue weighted by molar-refractivity contribution is -0.141. The fraction of sp³-hybridized carbons (Fsp3) is 0.842. The normalized spacial score (nSPS) is 28.6. The number of nitrogens with zero attached hydrogens (tertiary/aromatic N) is 2. The van der Waals surface area contributed by atoms with E-state index >= 15 is 0 Å². The second-order valence-electron chi connectivity index (χ2n) is 7.73. The molecule has 5 heteroatoms. The maximum Gasteiger partial charge on any atom is 0.233 e. The molecule has 134 valence electrons. The first-order valence-corrected chi connectivity index (χ1v) is 9.70. The number of imide groups is 1. The van der Waals surface area contributed by atoms with Gasteiger partial charge in [0.15, 0.2) is 0 Å². The van der Waals surface area contributed by atoms with E-state index in [-0.39, 0.29) is 42.5 Å². The second kappa shape index (κ2) is 7.66. The molecular formula is C19H30N2O3. The van der Waals surface area contributed by atoms with Crippen molar-refractivity contribution >= 4 is 17.7 Å². The first kappa shape index (κ1) is 17.4. The van der Waals surface area contributed by atoms with Gasteiger partial charge < -0.3 is 4.90 Å². The molecule has 0 aromatic heterocycles. The van der Waals surface area contributed by atoms with Crippen LogP contribution in [0.25, 0.3) is 0 Å². The highest BCUT2D eigenvalue weighted by molar-refractivity contribution is 6.05. The smallest absolute Gasteiger partial charge is 0.233 e. The zero-order valence-electron chi connectivity index (χ0n) is 14.8. The van der Waals surface area contributed by atoms with Crippen LogP contribution in [-0.4, -0.2) is 47.2 Å². The summed E-state index contributed by atoms with van der Waals surface area (Å²) in [4.78, 5) is 40.7. The summed E-state index contributed by atoms with van der Waals surface area (Å²) in [7, 11) is 1.88. The SMILES string of the molecule is CN(C(=O)CCN1C(=O)C2CCCCC2C1=O)C1CCCCCC1. The summed E-state index contributed by atoms with van der Waals surface area (Å²) in [5.74, 6) is -0.219. The molecule has 0 bridgehead atoms. The molecule has 1 aliphatic heterocycles. The Morgan fingerprint density at radius 2 is 1.42 bits per heavy atom. The van der Waals surface area contributed by atoms with E-state index in [4.69, 9.17) is 0 Å². The lowest BCUT2D eigenvalue weighted by Crippen LogP contribution is -2.40. The summed E-state index contributed by atoms with van der Waals surface area (Å²) < 4.78 is 0. The summed E-state index contributed by atoms with van der Waals surface area (Å²) in [6.45, 7) is 0.264. The zero-order chi connectivity index (χ0) is 17.1. The highest BCUT2D eigenvalue weighted by Crippen LogP contribution is 2.38. The summed E-state index contributed by atoms with van der Waals surface area (Å²) in [6, 6.07) is 0.326. The Hall–Kier alpha value is -1.39. The molecule has 0 radical (unpaired) electrons. The number of hydrogen-bond acceptors (Lipinski definition) is 3. The van der Waals surface area contributed by atoms with Crippen LogP contribution in [0.3, 0.4) is 0 Å². The van der Waals surface area contributed by atoms with Crippen LogP contribution in [0.1, 0.15) is 70.6 Å². The van der Waals surface area contributed by atoms with Gasteiger partial charge in [-0.2, -0.15) is 0 Å². The van der Waals surface area contributed by atoms with Crippen molar-refractivity contribution in [3.05, 3.63) is 0 Å². The quantitative estimate of drug-likeness (QED) is 0.587. The lowest BCUT2D eigenvalue weighted by atomic mass is 9.81. The van der Waals surface area contributed by atoms with E-state index in [0.717, 1.165) is 38.5 Å². The van der Waals surface area contributed by atoms with Crippen LogP contribution in [0.4, 0.5) is 0 Å². The van der Waals surface area contributed by atoms with Crippen LogP contribution in [0.15, 0.2) is 0 Å². The summed E-state index contributed by atoms with van der Waals surface area (Å²) in [5.41, 5.74) is 0. The molecule has 1 heterocycles. The number of rotatable bonds is 4. The Kier molecular flexibility index (Phi) is 5.57. The largest absolute Gasteiger partial charge is 0.343 e. The van der Waals surface area contributed by atoms with Gasteiger partial charge in [-0.15, -0.1) is 0 Å². The van der Waals surface area contributed by atoms with Crippen LogP contribution in [0.5, 0.6) is 0 Å². The lowest BCUT2D eigenvalue weighted by Gasteiger charge is -2.28. The fourth-order valence-corrected chi connectivity index (χ4v) is 4.68. The van der Waals surface area contributed by atoms with E-state index in [1.54, 1.807) is 0 Å². The highest BCUT2D eigenvalue weighted by atomic mass is 16.2. The third-order valence-electron chi connectivity index (χ3n) is 6.25. The molecule has 2 aliphatic carbocycles. The van der Waals surface area contributed by atoms with Gasteiger partial charge in [0, 0.05) is 26.1 Å². The van der Waals surface area contributed by atoms with Crippen molar-refractivity contribution in [2.45, 2.75) is 76.7 Å². The van der Waals surface area contributed by atoms with Gasteiger partial charge in [-0.05, 0) is 25.7 Å². The van der Waals surface area contributed by atoms with E-state index in [1.165, 1.54) is 30.6 Å². The Balaban J connectivity index is 1.53. The predicted molar refractivity (Wildman–Crippen MR) is 91.0 cm³/mol. The average Bonchev–Trinajstić information content (AvgIpc) is 2.80. The van der Waals surface area contributed by atoms with Gasteiger partial charge in [-0.25, -0.2) is 0 Å². The number of amides is 3. The monoisotopic (exact) mass is 334 g/mol. The van der Waals surface area contributed by atoms with Crippen LogP contribution in [0, 0.1) is 11.8 Å². The average molecular weight is 334 g/mol. The van der Waals surface area contributed by atoms with Gasteiger partial charge in [-0.3, -0.25) is 19.3 Å². The molecule has 3 amide bonds. The first-order chi connectivity index (χ1) is 11.6. The van der Waals surface area contributed by atoms with Crippen molar-refractivity contribution in [1.29, 1.82) is 0 Å². The molecule has 2 atom stereocenters. The van der Waals surface area contributed by atoms with Crippen molar-refractivity contribution in [3.8, 4) is 0 Å². The van der Waals surface area contributed by atoms with Gasteiger partial charge in [0.25, 0.3) is 0 Å². The Morgan fingerprint density at radius 3 is 1.96 bits per heavy atom. The van der Waals surface area contributed by atoms with Crippen molar-refractivity contribution in [2.75, 3.05) is 13.6 Å². The van der Waals surface area contributed by atoms with Crippen molar-refractivity contribution < 1.29 is 14.4 Å². The van der Waals surface area contributed by atoms with Gasteiger partial charge in [0.1, 0.15) is 0 Å².